The van der Waals surface area contributed by atoms with Crippen molar-refractivity contribution in [2.75, 3.05) is 39.8 Å². The average molecular weight is 695 g/mol. The lowest BCUT2D eigenvalue weighted by molar-refractivity contribution is -0.214. The Morgan fingerprint density at radius 3 is 2.69 bits per heavy atom. The Bertz CT molecular complexity index is 1350. The Morgan fingerprint density at radius 1 is 1.12 bits per heavy atom. The van der Waals surface area contributed by atoms with Gasteiger partial charge < -0.3 is 14.5 Å². The first kappa shape index (κ1) is 34.8. The molecule has 10 heteroatoms. The first-order valence-corrected chi connectivity index (χ1v) is 19.9. The van der Waals surface area contributed by atoms with Crippen molar-refractivity contribution in [3.05, 3.63) is 41.4 Å². The number of likely N-dealkylation sites (tertiary alicyclic amines) is 1. The van der Waals surface area contributed by atoms with Crippen molar-refractivity contribution >= 4 is 29.3 Å². The largest absolute Gasteiger partial charge is 0.348 e. The van der Waals surface area contributed by atoms with Crippen molar-refractivity contribution in [2.45, 2.75) is 136 Å². The molecule has 1 amide bonds. The van der Waals surface area contributed by atoms with Gasteiger partial charge in [0.2, 0.25) is 5.91 Å². The molecular weight excluding hydrogens is 640 g/mol. The van der Waals surface area contributed by atoms with E-state index in [2.05, 4.69) is 63.6 Å². The Balaban J connectivity index is 1.22. The van der Waals surface area contributed by atoms with Crippen LogP contribution in [0.15, 0.2) is 35.7 Å². The number of ether oxygens (including phenoxy) is 1. The predicted molar refractivity (Wildman–Crippen MR) is 193 cm³/mol. The minimum absolute atomic E-state index is 0.0607. The van der Waals surface area contributed by atoms with E-state index in [1.807, 2.05) is 11.0 Å². The molecule has 7 rings (SSSR count). The van der Waals surface area contributed by atoms with Gasteiger partial charge in [0, 0.05) is 58.3 Å². The minimum atomic E-state index is -0.157. The highest BCUT2D eigenvalue weighted by molar-refractivity contribution is 8.01. The quantitative estimate of drug-likeness (QED) is 0.336. The number of carbonyl (C=O) groups is 1. The molecule has 4 heterocycles. The zero-order valence-electron chi connectivity index (χ0n) is 28.8. The minimum Gasteiger partial charge on any atom is -0.348 e. The number of hydrogen-bond donors (Lipinski definition) is 1. The second kappa shape index (κ2) is 15.3. The molecule has 0 aromatic heterocycles. The van der Waals surface area contributed by atoms with E-state index in [0.717, 1.165) is 44.0 Å². The van der Waals surface area contributed by atoms with Crippen molar-refractivity contribution in [1.82, 2.24) is 24.9 Å². The number of hydrogen-bond acceptors (Lipinski definition) is 8. The van der Waals surface area contributed by atoms with E-state index in [1.54, 1.807) is 0 Å². The molecule has 6 aliphatic rings. The highest BCUT2D eigenvalue weighted by Gasteiger charge is 2.55. The van der Waals surface area contributed by atoms with Crippen molar-refractivity contribution < 1.29 is 9.53 Å². The molecule has 1 aromatic rings. The van der Waals surface area contributed by atoms with Crippen molar-refractivity contribution in [2.24, 2.45) is 5.92 Å². The summed E-state index contributed by atoms with van der Waals surface area (Å²) in [5.74, 6) is 0.377. The third kappa shape index (κ3) is 7.24. The van der Waals surface area contributed by atoms with Gasteiger partial charge in [0.25, 0.3) is 0 Å². The zero-order valence-corrected chi connectivity index (χ0v) is 30.4. The Kier molecular flexibility index (Phi) is 11.1. The number of nitriles is 1. The second-order valence-electron chi connectivity index (χ2n) is 15.5. The van der Waals surface area contributed by atoms with Gasteiger partial charge in [-0.3, -0.25) is 15.0 Å². The molecule has 2 saturated carbocycles. The maximum absolute atomic E-state index is 12.9. The van der Waals surface area contributed by atoms with Crippen LogP contribution >= 0.6 is 23.4 Å². The van der Waals surface area contributed by atoms with Crippen LogP contribution in [0.3, 0.4) is 0 Å². The van der Waals surface area contributed by atoms with Crippen LogP contribution in [-0.2, 0) is 16.0 Å². The summed E-state index contributed by atoms with van der Waals surface area (Å²) in [5.41, 5.74) is 1.44. The molecular formula is C38H55ClN6O2S. The summed E-state index contributed by atoms with van der Waals surface area (Å²) in [6, 6.07) is 9.94. The molecule has 8 nitrogen and oxygen atoms in total. The monoisotopic (exact) mass is 694 g/mol. The topological polar surface area (TPSA) is 75.1 Å². The third-order valence-corrected chi connectivity index (χ3v) is 14.3. The third-order valence-electron chi connectivity index (χ3n) is 12.5. The first-order chi connectivity index (χ1) is 23.4. The maximum atomic E-state index is 12.9. The Hall–Kier alpha value is -1.64. The number of nitrogens with one attached hydrogen (secondary N) is 1. The van der Waals surface area contributed by atoms with Crippen LogP contribution in [-0.4, -0.2) is 107 Å². The molecule has 262 valence electrons. The van der Waals surface area contributed by atoms with Gasteiger partial charge in [-0.15, -0.1) is 11.8 Å². The lowest BCUT2D eigenvalue weighted by Crippen LogP contribution is -2.75. The molecule has 2 aliphatic carbocycles. The van der Waals surface area contributed by atoms with Gasteiger partial charge in [-0.1, -0.05) is 56.4 Å². The standard InChI is InChI=1S/C38H55ClN6O2S/c1-3-35(46)44-21-20-43(25-30(44)16-18-40)36-32-15-17-38(23-27-13-14-28(39)22-34(27)48-38)24-33(32)41-37(47-26-31-12-9-19-42(31)2)45(36)29-10-7-5-4-6-8-11-29/h3,13-14,22,29-33,36-37,41H,1,4-12,15-17,19-21,23-26H2,2H3/t30?,31?,32?,33?,36?,37?,38-/m1/s1. The molecule has 1 aromatic carbocycles. The SMILES string of the molecule is C=CC(=O)N1CCN(C2C3CC[C@@]4(Cc5ccc(Cl)cc5S4)CC3NC(OCC3CCCN3C)N2C2CCCCCCC2)CC1CC#N. The van der Waals surface area contributed by atoms with E-state index in [9.17, 15) is 10.1 Å². The Morgan fingerprint density at radius 2 is 1.94 bits per heavy atom. The van der Waals surface area contributed by atoms with E-state index < -0.39 is 0 Å². The van der Waals surface area contributed by atoms with Crippen molar-refractivity contribution in [1.29, 1.82) is 5.26 Å². The number of piperazine rings is 1. The number of carbonyl (C=O) groups excluding carboxylic acids is 1. The van der Waals surface area contributed by atoms with Gasteiger partial charge >= 0.3 is 0 Å². The summed E-state index contributed by atoms with van der Waals surface area (Å²) in [7, 11) is 2.24. The van der Waals surface area contributed by atoms with Gasteiger partial charge in [0.15, 0.2) is 6.35 Å². The van der Waals surface area contributed by atoms with Gasteiger partial charge in [0.05, 0.1) is 31.3 Å². The number of thioether (sulfide) groups is 1. The van der Waals surface area contributed by atoms with Crippen LogP contribution in [0.1, 0.15) is 89.0 Å². The molecule has 0 bridgehead atoms. The smallest absolute Gasteiger partial charge is 0.246 e. The lowest BCUT2D eigenvalue weighted by Gasteiger charge is -2.60. The fourth-order valence-electron chi connectivity index (χ4n) is 10.0. The maximum Gasteiger partial charge on any atom is 0.246 e. The zero-order chi connectivity index (χ0) is 33.3. The van der Waals surface area contributed by atoms with Crippen molar-refractivity contribution in [3.8, 4) is 6.07 Å². The fourth-order valence-corrected chi connectivity index (χ4v) is 11.9. The summed E-state index contributed by atoms with van der Waals surface area (Å²) in [6.07, 6.45) is 17.6. The van der Waals surface area contributed by atoms with Crippen LogP contribution in [0.5, 0.6) is 0 Å². The normalized spacial score (nSPS) is 35.5. The summed E-state index contributed by atoms with van der Waals surface area (Å²) in [5, 5.41) is 14.9. The predicted octanol–water partition coefficient (Wildman–Crippen LogP) is 6.25. The molecule has 1 spiro atoms. The second-order valence-corrected chi connectivity index (χ2v) is 17.4. The summed E-state index contributed by atoms with van der Waals surface area (Å²) >= 11 is 8.52. The van der Waals surface area contributed by atoms with Gasteiger partial charge in [-0.05, 0) is 88.7 Å². The van der Waals surface area contributed by atoms with Gasteiger partial charge in [-0.25, -0.2) is 4.90 Å². The average Bonchev–Trinajstić information content (AvgIpc) is 3.64. The van der Waals surface area contributed by atoms with Crippen LogP contribution in [0, 0.1) is 17.2 Å². The fraction of sp³-hybridized carbons (Fsp3) is 0.737. The molecule has 3 saturated heterocycles. The van der Waals surface area contributed by atoms with E-state index >= 15 is 0 Å². The van der Waals surface area contributed by atoms with Gasteiger partial charge in [-0.2, -0.15) is 5.26 Å². The number of halogens is 1. The molecule has 5 fully saturated rings. The number of fused-ring (bicyclic) bond motifs is 2. The molecule has 6 unspecified atom stereocenters. The summed E-state index contributed by atoms with van der Waals surface area (Å²) in [4.78, 5) is 24.1. The first-order valence-electron chi connectivity index (χ1n) is 18.7. The number of rotatable bonds is 7. The number of likely N-dealkylation sites (N-methyl/N-ethyl adjacent to an activating group) is 1. The van der Waals surface area contributed by atoms with Crippen LogP contribution in [0.25, 0.3) is 0 Å². The highest BCUT2D eigenvalue weighted by atomic mass is 35.5. The van der Waals surface area contributed by atoms with E-state index in [1.165, 1.54) is 80.7 Å². The van der Waals surface area contributed by atoms with E-state index in [4.69, 9.17) is 16.3 Å². The summed E-state index contributed by atoms with van der Waals surface area (Å²) in [6.45, 7) is 7.81. The van der Waals surface area contributed by atoms with E-state index in [-0.39, 0.29) is 29.2 Å². The van der Waals surface area contributed by atoms with Crippen LogP contribution < -0.4 is 5.32 Å². The molecule has 1 N–H and O–H groups in total. The molecule has 48 heavy (non-hydrogen) atoms. The molecule has 7 atom stereocenters. The number of benzene rings is 1. The van der Waals surface area contributed by atoms with Crippen molar-refractivity contribution in [3.63, 3.8) is 0 Å². The summed E-state index contributed by atoms with van der Waals surface area (Å²) < 4.78 is 7.29. The van der Waals surface area contributed by atoms with Crippen LogP contribution in [0.4, 0.5) is 0 Å². The number of nitrogens with zero attached hydrogens (tertiary/aromatic N) is 5. The van der Waals surface area contributed by atoms with Crippen LogP contribution in [0.2, 0.25) is 5.02 Å². The molecule has 0 radical (unpaired) electrons. The lowest BCUT2D eigenvalue weighted by atomic mass is 9.72. The van der Waals surface area contributed by atoms with E-state index in [0.29, 0.717) is 43.6 Å². The molecule has 4 aliphatic heterocycles. The highest BCUT2D eigenvalue weighted by Crippen LogP contribution is 2.55. The van der Waals surface area contributed by atoms with Gasteiger partial charge in [0.1, 0.15) is 0 Å². The Labute approximate surface area is 297 Å². The number of amides is 1.